The monoisotopic (exact) mass is 411 g/mol. The second kappa shape index (κ2) is 11.5. The van der Waals surface area contributed by atoms with Crippen molar-refractivity contribution in [1.29, 1.82) is 0 Å². The van der Waals surface area contributed by atoms with E-state index < -0.39 is 6.61 Å². The molecule has 0 aliphatic carbocycles. The number of ether oxygens (including phenoxy) is 1. The highest BCUT2D eigenvalue weighted by Crippen LogP contribution is 2.22. The van der Waals surface area contributed by atoms with Gasteiger partial charge in [0.25, 0.3) is 0 Å². The smallest absolute Gasteiger partial charge is 0.387 e. The van der Waals surface area contributed by atoms with Gasteiger partial charge < -0.3 is 20.3 Å². The number of halogens is 2. The molecule has 2 N–H and O–H groups in total. The maximum atomic E-state index is 12.6. The van der Waals surface area contributed by atoms with Crippen molar-refractivity contribution in [2.24, 2.45) is 4.99 Å². The molecule has 0 saturated carbocycles. The van der Waals surface area contributed by atoms with E-state index in [1.807, 2.05) is 18.7 Å². The summed E-state index contributed by atoms with van der Waals surface area (Å²) in [5.41, 5.74) is 1.57. The molecule has 0 aromatic heterocycles. The van der Waals surface area contributed by atoms with Crippen molar-refractivity contribution in [2.75, 3.05) is 45.8 Å². The van der Waals surface area contributed by atoms with Crippen LogP contribution in [-0.4, -0.2) is 74.1 Å². The summed E-state index contributed by atoms with van der Waals surface area (Å²) in [6.45, 7) is 8.27. The van der Waals surface area contributed by atoms with E-state index in [9.17, 15) is 13.6 Å². The normalized spacial score (nSPS) is 15.5. The van der Waals surface area contributed by atoms with E-state index in [1.165, 1.54) is 0 Å². The molecule has 0 radical (unpaired) electrons. The van der Waals surface area contributed by atoms with Gasteiger partial charge in [-0.3, -0.25) is 9.69 Å². The van der Waals surface area contributed by atoms with Gasteiger partial charge in [-0.15, -0.1) is 0 Å². The molecule has 2 rings (SSSR count). The Morgan fingerprint density at radius 2 is 1.97 bits per heavy atom. The van der Waals surface area contributed by atoms with Gasteiger partial charge in [0.1, 0.15) is 5.75 Å². The third-order valence-electron chi connectivity index (χ3n) is 4.72. The number of guanidine groups is 1. The quantitative estimate of drug-likeness (QED) is 0.505. The van der Waals surface area contributed by atoms with Gasteiger partial charge in [0.2, 0.25) is 5.91 Å². The molecule has 29 heavy (non-hydrogen) atoms. The number of hydrogen-bond donors (Lipinski definition) is 2. The molecule has 1 aliphatic heterocycles. The molecule has 9 heteroatoms. The number of alkyl halides is 2. The number of nitrogens with zero attached hydrogens (tertiary/aromatic N) is 3. The minimum atomic E-state index is -2.87. The van der Waals surface area contributed by atoms with Crippen molar-refractivity contribution in [1.82, 2.24) is 20.4 Å². The number of aryl methyl sites for hydroxylation is 1. The van der Waals surface area contributed by atoms with E-state index >= 15 is 0 Å². The first-order valence-corrected chi connectivity index (χ1v) is 9.93. The molecule has 1 saturated heterocycles. The third kappa shape index (κ3) is 7.84. The van der Waals surface area contributed by atoms with Gasteiger partial charge in [-0.05, 0) is 19.9 Å². The average Bonchev–Trinajstić information content (AvgIpc) is 2.68. The number of benzene rings is 1. The van der Waals surface area contributed by atoms with E-state index in [4.69, 9.17) is 0 Å². The predicted octanol–water partition coefficient (Wildman–Crippen LogP) is 1.82. The van der Waals surface area contributed by atoms with Crippen molar-refractivity contribution in [3.05, 3.63) is 29.3 Å². The van der Waals surface area contributed by atoms with Crippen molar-refractivity contribution >= 4 is 11.9 Å². The van der Waals surface area contributed by atoms with Crippen LogP contribution < -0.4 is 15.4 Å². The molecular formula is C20H31F2N5O2. The van der Waals surface area contributed by atoms with Crippen LogP contribution in [0.3, 0.4) is 0 Å². The molecule has 0 bridgehead atoms. The highest BCUT2D eigenvalue weighted by atomic mass is 19.3. The zero-order valence-electron chi connectivity index (χ0n) is 17.4. The molecule has 162 valence electrons. The molecule has 1 aromatic carbocycles. The van der Waals surface area contributed by atoms with E-state index in [2.05, 4.69) is 25.3 Å². The van der Waals surface area contributed by atoms with Crippen LogP contribution >= 0.6 is 0 Å². The number of carbonyl (C=O) groups excluding carboxylic acids is 1. The summed E-state index contributed by atoms with van der Waals surface area (Å²) in [7, 11) is 0. The molecule has 1 aromatic rings. The number of aliphatic imine (C=N–C) groups is 1. The van der Waals surface area contributed by atoms with Crippen molar-refractivity contribution in [3.63, 3.8) is 0 Å². The molecule has 0 atom stereocenters. The minimum Gasteiger partial charge on any atom is -0.434 e. The second-order valence-electron chi connectivity index (χ2n) is 6.96. The predicted molar refractivity (Wildman–Crippen MR) is 109 cm³/mol. The lowest BCUT2D eigenvalue weighted by atomic mass is 10.1. The number of piperazine rings is 1. The highest BCUT2D eigenvalue weighted by Gasteiger charge is 2.18. The van der Waals surface area contributed by atoms with Crippen LogP contribution in [0, 0.1) is 6.92 Å². The summed E-state index contributed by atoms with van der Waals surface area (Å²) in [5, 5.41) is 6.44. The fraction of sp³-hybridized carbons (Fsp3) is 0.600. The first kappa shape index (κ1) is 22.9. The van der Waals surface area contributed by atoms with Crippen LogP contribution in [0.15, 0.2) is 23.2 Å². The standard InChI is InChI=1S/C20H31F2N5O2/c1-4-23-20(24-7-8-26-9-11-27(12-10-26)16(3)28)25-14-17-13-15(2)5-6-18(17)29-19(21)22/h5-6,13,19H,4,7-12,14H2,1-3H3,(H2,23,24,25). The van der Waals surface area contributed by atoms with Crippen LogP contribution in [0.25, 0.3) is 0 Å². The van der Waals surface area contributed by atoms with Gasteiger partial charge >= 0.3 is 6.61 Å². The summed E-state index contributed by atoms with van der Waals surface area (Å²) >= 11 is 0. The summed E-state index contributed by atoms with van der Waals surface area (Å²) in [5.74, 6) is 0.892. The van der Waals surface area contributed by atoms with Crippen molar-refractivity contribution in [3.8, 4) is 5.75 Å². The van der Waals surface area contributed by atoms with Gasteiger partial charge in [0, 0.05) is 58.3 Å². The first-order valence-electron chi connectivity index (χ1n) is 9.93. The third-order valence-corrected chi connectivity index (χ3v) is 4.72. The summed E-state index contributed by atoms with van der Waals surface area (Å²) in [6, 6.07) is 5.09. The van der Waals surface area contributed by atoms with Gasteiger partial charge in [-0.1, -0.05) is 17.7 Å². The molecule has 1 heterocycles. The Morgan fingerprint density at radius 1 is 1.24 bits per heavy atom. The van der Waals surface area contributed by atoms with Crippen molar-refractivity contribution in [2.45, 2.75) is 33.9 Å². The molecule has 0 spiro atoms. The first-order chi connectivity index (χ1) is 13.9. The Balaban J connectivity index is 1.88. The van der Waals surface area contributed by atoms with Crippen molar-refractivity contribution < 1.29 is 18.3 Å². The molecule has 1 fully saturated rings. The number of carbonyl (C=O) groups is 1. The Kier molecular flexibility index (Phi) is 9.11. The number of amides is 1. The zero-order valence-corrected chi connectivity index (χ0v) is 17.4. The zero-order chi connectivity index (χ0) is 21.2. The van der Waals surface area contributed by atoms with Crippen LogP contribution in [0.5, 0.6) is 5.75 Å². The van der Waals surface area contributed by atoms with Gasteiger partial charge in [-0.25, -0.2) is 4.99 Å². The summed E-state index contributed by atoms with van der Waals surface area (Å²) in [6.07, 6.45) is 0. The summed E-state index contributed by atoms with van der Waals surface area (Å²) in [4.78, 5) is 20.1. The lowest BCUT2D eigenvalue weighted by Crippen LogP contribution is -2.50. The van der Waals surface area contributed by atoms with E-state index in [0.717, 1.165) is 38.3 Å². The van der Waals surface area contributed by atoms with Gasteiger partial charge in [0.15, 0.2) is 5.96 Å². The lowest BCUT2D eigenvalue weighted by molar-refractivity contribution is -0.130. The minimum absolute atomic E-state index is 0.121. The van der Waals surface area contributed by atoms with Gasteiger partial charge in [0.05, 0.1) is 6.54 Å². The highest BCUT2D eigenvalue weighted by molar-refractivity contribution is 5.79. The maximum Gasteiger partial charge on any atom is 0.387 e. The average molecular weight is 411 g/mol. The Bertz CT molecular complexity index is 691. The van der Waals surface area contributed by atoms with Crippen LogP contribution in [0.1, 0.15) is 25.0 Å². The lowest BCUT2D eigenvalue weighted by Gasteiger charge is -2.34. The van der Waals surface area contributed by atoms with E-state index in [-0.39, 0.29) is 18.2 Å². The second-order valence-corrected chi connectivity index (χ2v) is 6.96. The largest absolute Gasteiger partial charge is 0.434 e. The number of hydrogen-bond acceptors (Lipinski definition) is 4. The molecular weight excluding hydrogens is 380 g/mol. The van der Waals surface area contributed by atoms with E-state index in [0.29, 0.717) is 24.6 Å². The molecule has 1 amide bonds. The maximum absolute atomic E-state index is 12.6. The Labute approximate surface area is 171 Å². The Morgan fingerprint density at radius 3 is 2.59 bits per heavy atom. The fourth-order valence-corrected chi connectivity index (χ4v) is 3.17. The number of nitrogens with one attached hydrogen (secondary N) is 2. The molecule has 0 unspecified atom stereocenters. The number of rotatable bonds is 8. The Hall–Kier alpha value is -2.42. The molecule has 1 aliphatic rings. The fourth-order valence-electron chi connectivity index (χ4n) is 3.17. The summed E-state index contributed by atoms with van der Waals surface area (Å²) < 4.78 is 29.8. The van der Waals surface area contributed by atoms with Crippen LogP contribution in [0.4, 0.5) is 8.78 Å². The van der Waals surface area contributed by atoms with Gasteiger partial charge in [-0.2, -0.15) is 8.78 Å². The van der Waals surface area contributed by atoms with Crippen LogP contribution in [-0.2, 0) is 11.3 Å². The SMILES string of the molecule is CCNC(=NCc1cc(C)ccc1OC(F)F)NCCN1CCN(C(C)=O)CC1. The van der Waals surface area contributed by atoms with E-state index in [1.54, 1.807) is 25.1 Å². The van der Waals surface area contributed by atoms with Crippen LogP contribution in [0.2, 0.25) is 0 Å². The molecule has 7 nitrogen and oxygen atoms in total. The topological polar surface area (TPSA) is 69.2 Å².